The van der Waals surface area contributed by atoms with E-state index in [1.807, 2.05) is 25.1 Å². The fourth-order valence-electron chi connectivity index (χ4n) is 4.19. The minimum atomic E-state index is -3.18. The Morgan fingerprint density at radius 1 is 1.26 bits per heavy atom. The van der Waals surface area contributed by atoms with E-state index in [9.17, 15) is 13.5 Å². The zero-order chi connectivity index (χ0) is 24.3. The molecule has 10 nitrogen and oxygen atoms in total. The van der Waals surface area contributed by atoms with Crippen molar-refractivity contribution in [3.8, 4) is 11.6 Å². The van der Waals surface area contributed by atoms with Crippen LogP contribution in [0.4, 0.5) is 5.95 Å². The number of sulfonamides is 1. The first-order valence-electron chi connectivity index (χ1n) is 11.5. The molecule has 34 heavy (non-hydrogen) atoms. The predicted molar refractivity (Wildman–Crippen MR) is 131 cm³/mol. The molecule has 1 aromatic carbocycles. The van der Waals surface area contributed by atoms with E-state index in [-0.39, 0.29) is 24.6 Å². The first-order chi connectivity index (χ1) is 16.3. The van der Waals surface area contributed by atoms with Gasteiger partial charge in [0, 0.05) is 43.9 Å². The Labute approximate surface area is 200 Å². The van der Waals surface area contributed by atoms with E-state index in [4.69, 9.17) is 4.74 Å². The van der Waals surface area contributed by atoms with Crippen molar-refractivity contribution in [3.05, 3.63) is 36.7 Å². The number of fused-ring (bicyclic) bond motifs is 1. The minimum absolute atomic E-state index is 0.0347. The number of hydrogen-bond donors (Lipinski definition) is 2. The fourth-order valence-corrected chi connectivity index (χ4v) is 4.94. The number of aromatic nitrogens is 4. The van der Waals surface area contributed by atoms with Crippen LogP contribution in [0.15, 0.2) is 36.7 Å². The second-order valence-corrected chi connectivity index (χ2v) is 11.1. The Bertz CT molecular complexity index is 1220. The first-order valence-corrected chi connectivity index (χ1v) is 13.3. The zero-order valence-corrected chi connectivity index (χ0v) is 20.6. The highest BCUT2D eigenvalue weighted by Gasteiger charge is 2.28. The van der Waals surface area contributed by atoms with Gasteiger partial charge in [-0.15, -0.1) is 0 Å². The molecular formula is C23H32N6O4S. The summed E-state index contributed by atoms with van der Waals surface area (Å²) in [4.78, 5) is 9.04. The van der Waals surface area contributed by atoms with Gasteiger partial charge in [-0.2, -0.15) is 10.1 Å². The quantitative estimate of drug-likeness (QED) is 0.471. The molecule has 0 unspecified atom stereocenters. The van der Waals surface area contributed by atoms with Gasteiger partial charge in [0.15, 0.2) is 5.82 Å². The van der Waals surface area contributed by atoms with Crippen LogP contribution in [0.2, 0.25) is 0 Å². The number of ether oxygens (including phenoxy) is 1. The molecule has 1 aliphatic carbocycles. The molecule has 2 N–H and O–H groups in total. The van der Waals surface area contributed by atoms with Gasteiger partial charge in [-0.05, 0) is 37.8 Å². The monoisotopic (exact) mass is 488 g/mol. The van der Waals surface area contributed by atoms with Crippen LogP contribution < -0.4 is 10.1 Å². The second kappa shape index (κ2) is 10.2. The van der Waals surface area contributed by atoms with Crippen LogP contribution in [0.3, 0.4) is 0 Å². The standard InChI is InChI=1S/C23H32N6O4S/c1-16(14-30)15-33-21-6-4-5-20-19(21)13-25-29(20)22-11-12-24-23(27-22)26-17-7-9-18(10-8-17)28(2)34(3,31)32/h4-6,11-13,16-18,30H,7-10,14-15H2,1-3H3,(H,24,26,27)/t16-,17?,18?/m0/s1. The summed E-state index contributed by atoms with van der Waals surface area (Å²) in [5.41, 5.74) is 0.864. The number of rotatable bonds is 9. The second-order valence-electron chi connectivity index (χ2n) is 9.01. The maximum Gasteiger partial charge on any atom is 0.224 e. The van der Waals surface area contributed by atoms with Gasteiger partial charge in [-0.1, -0.05) is 13.0 Å². The highest BCUT2D eigenvalue weighted by Crippen LogP contribution is 2.28. The van der Waals surface area contributed by atoms with Crippen molar-refractivity contribution < 1.29 is 18.3 Å². The average molecular weight is 489 g/mol. The van der Waals surface area contributed by atoms with Crippen LogP contribution in [0, 0.1) is 5.92 Å². The molecule has 1 fully saturated rings. The third-order valence-electron chi connectivity index (χ3n) is 6.33. The molecule has 1 saturated carbocycles. The molecule has 2 heterocycles. The number of nitrogens with one attached hydrogen (secondary N) is 1. The molecule has 2 aromatic heterocycles. The average Bonchev–Trinajstić information content (AvgIpc) is 3.27. The topological polar surface area (TPSA) is 122 Å². The zero-order valence-electron chi connectivity index (χ0n) is 19.8. The van der Waals surface area contributed by atoms with Crippen molar-refractivity contribution >= 4 is 26.9 Å². The Hall–Kier alpha value is -2.76. The number of nitrogens with zero attached hydrogens (tertiary/aromatic N) is 5. The van der Waals surface area contributed by atoms with E-state index in [1.165, 1.54) is 10.6 Å². The molecule has 11 heteroatoms. The highest BCUT2D eigenvalue weighted by molar-refractivity contribution is 7.88. The van der Waals surface area contributed by atoms with Gasteiger partial charge in [0.1, 0.15) is 5.75 Å². The van der Waals surface area contributed by atoms with Crippen molar-refractivity contribution in [2.75, 3.05) is 31.8 Å². The van der Waals surface area contributed by atoms with Gasteiger partial charge in [0.2, 0.25) is 16.0 Å². The summed E-state index contributed by atoms with van der Waals surface area (Å²) in [6, 6.07) is 7.78. The first kappa shape index (κ1) is 24.4. The molecule has 0 aliphatic heterocycles. The van der Waals surface area contributed by atoms with Gasteiger partial charge in [0.05, 0.1) is 30.0 Å². The Morgan fingerprint density at radius 2 is 2.03 bits per heavy atom. The predicted octanol–water partition coefficient (Wildman–Crippen LogP) is 2.44. The molecule has 184 valence electrons. The van der Waals surface area contributed by atoms with Crippen LogP contribution in [0.1, 0.15) is 32.6 Å². The summed E-state index contributed by atoms with van der Waals surface area (Å²) in [7, 11) is -1.53. The Balaban J connectivity index is 1.46. The number of benzene rings is 1. The van der Waals surface area contributed by atoms with Crippen molar-refractivity contribution in [2.45, 2.75) is 44.7 Å². The van der Waals surface area contributed by atoms with Crippen molar-refractivity contribution in [2.24, 2.45) is 5.92 Å². The summed E-state index contributed by atoms with van der Waals surface area (Å²) < 4.78 is 32.7. The van der Waals surface area contributed by atoms with E-state index in [0.717, 1.165) is 36.6 Å². The van der Waals surface area contributed by atoms with Crippen molar-refractivity contribution in [1.29, 1.82) is 0 Å². The van der Waals surface area contributed by atoms with Gasteiger partial charge in [-0.3, -0.25) is 0 Å². The van der Waals surface area contributed by atoms with Crippen molar-refractivity contribution in [1.82, 2.24) is 24.1 Å². The van der Waals surface area contributed by atoms with Crippen molar-refractivity contribution in [3.63, 3.8) is 0 Å². The molecule has 0 radical (unpaired) electrons. The number of aliphatic hydroxyl groups excluding tert-OH is 1. The summed E-state index contributed by atoms with van der Waals surface area (Å²) in [5.74, 6) is 1.92. The molecule has 1 aliphatic rings. The van der Waals surface area contributed by atoms with Gasteiger partial charge < -0.3 is 15.2 Å². The Morgan fingerprint density at radius 3 is 2.74 bits per heavy atom. The maximum atomic E-state index is 11.8. The van der Waals surface area contributed by atoms with Gasteiger partial charge in [-0.25, -0.2) is 22.4 Å². The lowest BCUT2D eigenvalue weighted by Gasteiger charge is -2.33. The molecular weight excluding hydrogens is 456 g/mol. The normalized spacial score (nSPS) is 19.9. The van der Waals surface area contributed by atoms with Crippen LogP contribution in [-0.2, 0) is 10.0 Å². The third-order valence-corrected chi connectivity index (χ3v) is 7.68. The van der Waals surface area contributed by atoms with Crippen LogP contribution in [0.5, 0.6) is 5.75 Å². The van der Waals surface area contributed by atoms with E-state index >= 15 is 0 Å². The molecule has 3 aromatic rings. The lowest BCUT2D eigenvalue weighted by atomic mass is 9.91. The fraction of sp³-hybridized carbons (Fsp3) is 0.522. The van der Waals surface area contributed by atoms with E-state index in [0.29, 0.717) is 24.1 Å². The largest absolute Gasteiger partial charge is 0.492 e. The molecule has 4 rings (SSSR count). The molecule has 0 spiro atoms. The van der Waals surface area contributed by atoms with Gasteiger partial charge >= 0.3 is 0 Å². The summed E-state index contributed by atoms with van der Waals surface area (Å²) in [6.45, 7) is 2.42. The molecule has 0 amide bonds. The lowest BCUT2D eigenvalue weighted by molar-refractivity contribution is 0.175. The minimum Gasteiger partial charge on any atom is -0.492 e. The van der Waals surface area contributed by atoms with Gasteiger partial charge in [0.25, 0.3) is 0 Å². The third kappa shape index (κ3) is 5.48. The molecule has 0 saturated heterocycles. The van der Waals surface area contributed by atoms with E-state index in [2.05, 4.69) is 20.4 Å². The highest BCUT2D eigenvalue weighted by atomic mass is 32.2. The number of hydrogen-bond acceptors (Lipinski definition) is 8. The van der Waals surface area contributed by atoms with E-state index in [1.54, 1.807) is 30.2 Å². The number of anilines is 1. The number of aliphatic hydroxyl groups is 1. The SMILES string of the molecule is C[C@@H](CO)COc1cccc2c1cnn2-c1ccnc(NC2CCC(N(C)S(C)(=O)=O)CC2)n1. The van der Waals surface area contributed by atoms with Crippen LogP contribution in [0.25, 0.3) is 16.7 Å². The summed E-state index contributed by atoms with van der Waals surface area (Å²) in [5, 5.41) is 18.0. The van der Waals surface area contributed by atoms with E-state index < -0.39 is 10.0 Å². The molecule has 1 atom stereocenters. The summed E-state index contributed by atoms with van der Waals surface area (Å²) >= 11 is 0. The summed E-state index contributed by atoms with van der Waals surface area (Å²) in [6.07, 6.45) is 7.98. The Kier molecular flexibility index (Phi) is 7.34. The maximum absolute atomic E-state index is 11.8. The smallest absolute Gasteiger partial charge is 0.224 e. The van der Waals surface area contributed by atoms with Crippen LogP contribution in [-0.4, -0.2) is 76.2 Å². The van der Waals surface area contributed by atoms with Crippen LogP contribution >= 0.6 is 0 Å². The molecule has 0 bridgehead atoms. The lowest BCUT2D eigenvalue weighted by Crippen LogP contribution is -2.41.